The van der Waals surface area contributed by atoms with E-state index in [0.29, 0.717) is 13.0 Å². The number of amides is 1. The number of halogens is 1. The van der Waals surface area contributed by atoms with Crippen LogP contribution in [0, 0.1) is 0 Å². The van der Waals surface area contributed by atoms with Gasteiger partial charge in [0, 0.05) is 19.0 Å². The highest BCUT2D eigenvalue weighted by atomic mass is 35.5. The highest BCUT2D eigenvalue weighted by Gasteiger charge is 2.17. The molecule has 0 aliphatic carbocycles. The number of carbonyl (C=O) groups excluding carboxylic acids is 1. The van der Waals surface area contributed by atoms with Gasteiger partial charge in [-0.1, -0.05) is 0 Å². The summed E-state index contributed by atoms with van der Waals surface area (Å²) in [7, 11) is 0. The molecule has 9 heavy (non-hydrogen) atoms. The van der Waals surface area contributed by atoms with Crippen LogP contribution in [0.5, 0.6) is 0 Å². The van der Waals surface area contributed by atoms with E-state index in [9.17, 15) is 4.79 Å². The standard InChI is InChI=1S/C5H10N2O.ClH/c6-3-4-1-2-5(8)7-4;/h4H,1-3,6H2,(H,7,8);1H. The molecule has 1 aliphatic heterocycles. The average Bonchev–Trinajstić information content (AvgIpc) is 2.14. The van der Waals surface area contributed by atoms with Crippen LogP contribution in [-0.4, -0.2) is 18.5 Å². The molecule has 1 heterocycles. The van der Waals surface area contributed by atoms with E-state index in [0.717, 1.165) is 6.42 Å². The molecule has 1 amide bonds. The van der Waals surface area contributed by atoms with Gasteiger partial charge in [0.25, 0.3) is 0 Å². The van der Waals surface area contributed by atoms with E-state index in [2.05, 4.69) is 5.32 Å². The Balaban J connectivity index is 0.000000640. The summed E-state index contributed by atoms with van der Waals surface area (Å²) in [5.41, 5.74) is 5.28. The Hall–Kier alpha value is -0.280. The molecule has 0 aromatic carbocycles. The molecule has 1 aliphatic rings. The molecule has 0 aromatic rings. The van der Waals surface area contributed by atoms with Crippen LogP contribution in [-0.2, 0) is 4.79 Å². The van der Waals surface area contributed by atoms with Crippen LogP contribution in [0.25, 0.3) is 0 Å². The molecule has 3 N–H and O–H groups in total. The Morgan fingerprint density at radius 3 is 2.67 bits per heavy atom. The summed E-state index contributed by atoms with van der Waals surface area (Å²) in [6, 6.07) is 0.252. The fraction of sp³-hybridized carbons (Fsp3) is 0.800. The summed E-state index contributed by atoms with van der Waals surface area (Å²) in [5.74, 6) is 0.139. The number of nitrogens with one attached hydrogen (secondary N) is 1. The smallest absolute Gasteiger partial charge is 0.220 e. The molecular weight excluding hydrogens is 140 g/mol. The van der Waals surface area contributed by atoms with Crippen LogP contribution >= 0.6 is 12.4 Å². The van der Waals surface area contributed by atoms with E-state index in [1.807, 2.05) is 0 Å². The van der Waals surface area contributed by atoms with Crippen molar-refractivity contribution in [3.8, 4) is 0 Å². The Bertz CT molecular complexity index is 107. The minimum atomic E-state index is 0. The fourth-order valence-electron chi connectivity index (χ4n) is 0.854. The molecule has 1 atom stereocenters. The normalized spacial score (nSPS) is 25.0. The molecular formula is C5H11ClN2O. The second-order valence-electron chi connectivity index (χ2n) is 2.04. The summed E-state index contributed by atoms with van der Waals surface area (Å²) < 4.78 is 0. The minimum absolute atomic E-state index is 0. The Morgan fingerprint density at radius 2 is 2.44 bits per heavy atom. The third kappa shape index (κ3) is 2.20. The molecule has 0 spiro atoms. The number of nitrogens with two attached hydrogens (primary N) is 1. The van der Waals surface area contributed by atoms with E-state index >= 15 is 0 Å². The van der Waals surface area contributed by atoms with Gasteiger partial charge in [-0.3, -0.25) is 4.79 Å². The van der Waals surface area contributed by atoms with Gasteiger partial charge in [-0.15, -0.1) is 12.4 Å². The molecule has 1 rings (SSSR count). The summed E-state index contributed by atoms with van der Waals surface area (Å²) in [4.78, 5) is 10.4. The molecule has 0 aromatic heterocycles. The number of hydrogen-bond donors (Lipinski definition) is 2. The van der Waals surface area contributed by atoms with Gasteiger partial charge in [0.15, 0.2) is 0 Å². The fourth-order valence-corrected chi connectivity index (χ4v) is 0.854. The monoisotopic (exact) mass is 150 g/mol. The minimum Gasteiger partial charge on any atom is -0.352 e. The van der Waals surface area contributed by atoms with Crippen molar-refractivity contribution >= 4 is 18.3 Å². The zero-order valence-electron chi connectivity index (χ0n) is 5.09. The Morgan fingerprint density at radius 1 is 1.78 bits per heavy atom. The highest BCUT2D eigenvalue weighted by molar-refractivity contribution is 5.85. The zero-order chi connectivity index (χ0) is 5.98. The maximum atomic E-state index is 10.4. The second kappa shape index (κ2) is 3.69. The van der Waals surface area contributed by atoms with Crippen molar-refractivity contribution in [3.05, 3.63) is 0 Å². The van der Waals surface area contributed by atoms with Gasteiger partial charge in [0.1, 0.15) is 0 Å². The van der Waals surface area contributed by atoms with E-state index in [1.54, 1.807) is 0 Å². The lowest BCUT2D eigenvalue weighted by Crippen LogP contribution is -2.32. The third-order valence-electron chi connectivity index (χ3n) is 1.37. The van der Waals surface area contributed by atoms with Crippen molar-refractivity contribution < 1.29 is 4.79 Å². The van der Waals surface area contributed by atoms with Crippen molar-refractivity contribution in [1.29, 1.82) is 0 Å². The summed E-state index contributed by atoms with van der Waals surface area (Å²) >= 11 is 0. The summed E-state index contributed by atoms with van der Waals surface area (Å²) in [6.45, 7) is 0.575. The number of hydrogen-bond acceptors (Lipinski definition) is 2. The van der Waals surface area contributed by atoms with E-state index < -0.39 is 0 Å². The van der Waals surface area contributed by atoms with Crippen molar-refractivity contribution in [3.63, 3.8) is 0 Å². The first kappa shape index (κ1) is 8.72. The molecule has 0 radical (unpaired) electrons. The molecule has 54 valence electrons. The first-order valence-corrected chi connectivity index (χ1v) is 2.82. The van der Waals surface area contributed by atoms with Crippen molar-refractivity contribution in [2.45, 2.75) is 18.9 Å². The lowest BCUT2D eigenvalue weighted by molar-refractivity contribution is -0.119. The lowest BCUT2D eigenvalue weighted by Gasteiger charge is -2.02. The predicted molar refractivity (Wildman–Crippen MR) is 37.5 cm³/mol. The first-order valence-electron chi connectivity index (χ1n) is 2.82. The molecule has 1 unspecified atom stereocenters. The van der Waals surface area contributed by atoms with Gasteiger partial charge < -0.3 is 11.1 Å². The van der Waals surface area contributed by atoms with Crippen molar-refractivity contribution in [2.75, 3.05) is 6.54 Å². The van der Waals surface area contributed by atoms with Gasteiger partial charge in [-0.25, -0.2) is 0 Å². The topological polar surface area (TPSA) is 55.1 Å². The summed E-state index contributed by atoms with van der Waals surface area (Å²) in [6.07, 6.45) is 1.57. The van der Waals surface area contributed by atoms with Crippen LogP contribution in [0.15, 0.2) is 0 Å². The van der Waals surface area contributed by atoms with Crippen LogP contribution in [0.2, 0.25) is 0 Å². The first-order chi connectivity index (χ1) is 3.83. The predicted octanol–water partition coefficient (Wildman–Crippen LogP) is -0.355. The molecule has 1 fully saturated rings. The lowest BCUT2D eigenvalue weighted by atomic mass is 10.2. The number of carbonyl (C=O) groups is 1. The van der Waals surface area contributed by atoms with Gasteiger partial charge in [-0.05, 0) is 6.42 Å². The summed E-state index contributed by atoms with van der Waals surface area (Å²) in [5, 5.41) is 2.74. The molecule has 1 saturated heterocycles. The van der Waals surface area contributed by atoms with E-state index in [-0.39, 0.29) is 24.4 Å². The van der Waals surface area contributed by atoms with Gasteiger partial charge in [0.05, 0.1) is 0 Å². The van der Waals surface area contributed by atoms with Gasteiger partial charge >= 0.3 is 0 Å². The van der Waals surface area contributed by atoms with Crippen molar-refractivity contribution in [2.24, 2.45) is 5.73 Å². The maximum absolute atomic E-state index is 10.4. The third-order valence-corrected chi connectivity index (χ3v) is 1.37. The van der Waals surface area contributed by atoms with Gasteiger partial charge in [0.2, 0.25) is 5.91 Å². The quantitative estimate of drug-likeness (QED) is 0.537. The van der Waals surface area contributed by atoms with Crippen LogP contribution in [0.3, 0.4) is 0 Å². The van der Waals surface area contributed by atoms with E-state index in [4.69, 9.17) is 5.73 Å². The number of rotatable bonds is 1. The van der Waals surface area contributed by atoms with Crippen LogP contribution in [0.1, 0.15) is 12.8 Å². The zero-order valence-corrected chi connectivity index (χ0v) is 5.91. The molecule has 3 nitrogen and oxygen atoms in total. The molecule has 0 saturated carbocycles. The van der Waals surface area contributed by atoms with Crippen LogP contribution in [0.4, 0.5) is 0 Å². The average molecular weight is 151 g/mol. The largest absolute Gasteiger partial charge is 0.352 e. The van der Waals surface area contributed by atoms with Crippen LogP contribution < -0.4 is 11.1 Å². The molecule has 0 bridgehead atoms. The molecule has 4 heteroatoms. The Kier molecular flexibility index (Phi) is 3.58. The SMILES string of the molecule is Cl.NCC1CCC(=O)N1. The van der Waals surface area contributed by atoms with E-state index in [1.165, 1.54) is 0 Å². The second-order valence-corrected chi connectivity index (χ2v) is 2.04. The maximum Gasteiger partial charge on any atom is 0.220 e. The Labute approximate surface area is 60.4 Å². The van der Waals surface area contributed by atoms with Gasteiger partial charge in [-0.2, -0.15) is 0 Å². The highest BCUT2D eigenvalue weighted by Crippen LogP contribution is 2.03. The van der Waals surface area contributed by atoms with Crippen molar-refractivity contribution in [1.82, 2.24) is 5.32 Å².